The molecule has 7 nitrogen and oxygen atoms in total. The molecule has 0 saturated carbocycles. The molecule has 2 heterocycles. The van der Waals surface area contributed by atoms with Crippen molar-refractivity contribution in [2.45, 2.75) is 46.3 Å². The van der Waals surface area contributed by atoms with Crippen molar-refractivity contribution in [1.82, 2.24) is 20.4 Å². The molecule has 2 amide bonds. The smallest absolute Gasteiger partial charge is 0.318 e. The topological polar surface area (TPSA) is 80.5 Å². The van der Waals surface area contributed by atoms with Crippen molar-refractivity contribution >= 4 is 6.03 Å². The Morgan fingerprint density at radius 1 is 1.38 bits per heavy atom. The molecule has 7 heteroatoms. The third-order valence-electron chi connectivity index (χ3n) is 4.34. The van der Waals surface area contributed by atoms with Crippen LogP contribution in [0.15, 0.2) is 28.8 Å². The van der Waals surface area contributed by atoms with E-state index in [0.29, 0.717) is 30.7 Å². The highest BCUT2D eigenvalue weighted by atomic mass is 16.5. The number of urea groups is 1. The third kappa shape index (κ3) is 4.53. The normalized spacial score (nSPS) is 16.9. The van der Waals surface area contributed by atoms with Crippen LogP contribution in [0, 0.1) is 12.8 Å². The molecule has 1 atom stereocenters. The fraction of sp³-hybridized carbons (Fsp3) is 0.526. The number of rotatable bonds is 6. The first-order valence-electron chi connectivity index (χ1n) is 9.09. The van der Waals surface area contributed by atoms with Crippen molar-refractivity contribution in [2.24, 2.45) is 5.92 Å². The van der Waals surface area contributed by atoms with Crippen molar-refractivity contribution in [3.63, 3.8) is 0 Å². The number of hydrogen-bond acceptors (Lipinski definition) is 5. The fourth-order valence-corrected chi connectivity index (χ4v) is 2.91. The monoisotopic (exact) mass is 358 g/mol. The van der Waals surface area contributed by atoms with Crippen LogP contribution in [-0.4, -0.2) is 34.2 Å². The number of benzene rings is 1. The van der Waals surface area contributed by atoms with Crippen molar-refractivity contribution < 1.29 is 14.1 Å². The number of amides is 2. The van der Waals surface area contributed by atoms with Crippen molar-refractivity contribution in [1.29, 1.82) is 0 Å². The lowest BCUT2D eigenvalue weighted by atomic mass is 10.2. The van der Waals surface area contributed by atoms with Crippen molar-refractivity contribution in [3.8, 4) is 5.75 Å². The number of aromatic nitrogens is 2. The Morgan fingerprint density at radius 2 is 2.15 bits per heavy atom. The number of nitrogens with one attached hydrogen (secondary N) is 1. The quantitative estimate of drug-likeness (QED) is 0.855. The molecule has 2 aromatic rings. The summed E-state index contributed by atoms with van der Waals surface area (Å²) >= 11 is 0. The number of nitrogens with zero attached hydrogens (tertiary/aromatic N) is 3. The van der Waals surface area contributed by atoms with Crippen LogP contribution in [0.25, 0.3) is 0 Å². The molecule has 1 aliphatic heterocycles. The first kappa shape index (κ1) is 18.2. The van der Waals surface area contributed by atoms with E-state index in [0.717, 1.165) is 18.6 Å². The van der Waals surface area contributed by atoms with Gasteiger partial charge in [-0.25, -0.2) is 4.79 Å². The Balaban J connectivity index is 1.59. The molecule has 3 rings (SSSR count). The Bertz CT molecular complexity index is 727. The van der Waals surface area contributed by atoms with Crippen LogP contribution in [0.4, 0.5) is 4.79 Å². The molecule has 26 heavy (non-hydrogen) atoms. The molecule has 0 spiro atoms. The molecule has 1 aromatic carbocycles. The van der Waals surface area contributed by atoms with Crippen molar-refractivity contribution in [3.05, 3.63) is 41.5 Å². The second kappa shape index (κ2) is 8.21. The van der Waals surface area contributed by atoms with E-state index in [-0.39, 0.29) is 18.7 Å². The van der Waals surface area contributed by atoms with Crippen LogP contribution in [0.1, 0.15) is 50.0 Å². The Labute approximate surface area is 153 Å². The van der Waals surface area contributed by atoms with E-state index in [1.165, 1.54) is 5.56 Å². The van der Waals surface area contributed by atoms with Gasteiger partial charge in [-0.2, -0.15) is 4.98 Å². The van der Waals surface area contributed by atoms with Gasteiger partial charge in [-0.05, 0) is 37.8 Å². The predicted octanol–water partition coefficient (Wildman–Crippen LogP) is 3.46. The highest BCUT2D eigenvalue weighted by Crippen LogP contribution is 2.30. The van der Waals surface area contributed by atoms with Crippen LogP contribution < -0.4 is 10.1 Å². The van der Waals surface area contributed by atoms with Gasteiger partial charge in [-0.1, -0.05) is 36.7 Å². The number of hydrogen-bond donors (Lipinski definition) is 1. The van der Waals surface area contributed by atoms with Crippen LogP contribution >= 0.6 is 0 Å². The van der Waals surface area contributed by atoms with Gasteiger partial charge >= 0.3 is 6.03 Å². The molecule has 1 fully saturated rings. The van der Waals surface area contributed by atoms with E-state index in [4.69, 9.17) is 9.26 Å². The van der Waals surface area contributed by atoms with Gasteiger partial charge < -0.3 is 19.5 Å². The van der Waals surface area contributed by atoms with Gasteiger partial charge in [0.2, 0.25) is 0 Å². The maximum Gasteiger partial charge on any atom is 0.318 e. The van der Waals surface area contributed by atoms with Gasteiger partial charge in [0.25, 0.3) is 5.89 Å². The minimum atomic E-state index is -0.140. The molecule has 1 unspecified atom stereocenters. The number of carbonyl (C=O) groups excluding carboxylic acids is 1. The molecule has 0 radical (unpaired) electrons. The third-order valence-corrected chi connectivity index (χ3v) is 4.34. The number of carbonyl (C=O) groups is 1. The lowest BCUT2D eigenvalue weighted by molar-refractivity contribution is 0.188. The molecule has 1 aliphatic rings. The first-order valence-corrected chi connectivity index (χ1v) is 9.09. The molecule has 1 aromatic heterocycles. The summed E-state index contributed by atoms with van der Waals surface area (Å²) in [6.45, 7) is 7.74. The zero-order valence-corrected chi connectivity index (χ0v) is 15.6. The van der Waals surface area contributed by atoms with E-state index in [1.807, 2.05) is 31.2 Å². The van der Waals surface area contributed by atoms with E-state index in [2.05, 4.69) is 29.3 Å². The molecule has 1 N–H and O–H groups in total. The Hall–Kier alpha value is -2.57. The van der Waals surface area contributed by atoms with Crippen LogP contribution in [0.3, 0.4) is 0 Å². The Kier molecular flexibility index (Phi) is 5.75. The molecular weight excluding hydrogens is 332 g/mol. The number of likely N-dealkylation sites (tertiary alicyclic amines) is 1. The average molecular weight is 358 g/mol. The summed E-state index contributed by atoms with van der Waals surface area (Å²) in [4.78, 5) is 18.6. The zero-order valence-electron chi connectivity index (χ0n) is 15.6. The minimum absolute atomic E-state index is 0.0662. The van der Waals surface area contributed by atoms with Gasteiger partial charge in [0.05, 0.1) is 6.04 Å². The second-order valence-electron chi connectivity index (χ2n) is 7.08. The van der Waals surface area contributed by atoms with Crippen LogP contribution in [0.2, 0.25) is 0 Å². The van der Waals surface area contributed by atoms with E-state index in [1.54, 1.807) is 4.90 Å². The Morgan fingerprint density at radius 3 is 2.88 bits per heavy atom. The first-order chi connectivity index (χ1) is 12.5. The van der Waals surface area contributed by atoms with Gasteiger partial charge in [-0.3, -0.25) is 0 Å². The van der Waals surface area contributed by atoms with E-state index in [9.17, 15) is 4.79 Å². The predicted molar refractivity (Wildman–Crippen MR) is 96.7 cm³/mol. The highest BCUT2D eigenvalue weighted by molar-refractivity contribution is 5.74. The molecule has 0 aliphatic carbocycles. The summed E-state index contributed by atoms with van der Waals surface area (Å²) in [6.07, 6.45) is 1.77. The van der Waals surface area contributed by atoms with Crippen LogP contribution in [-0.2, 0) is 6.61 Å². The summed E-state index contributed by atoms with van der Waals surface area (Å²) in [7, 11) is 0. The van der Waals surface area contributed by atoms with Gasteiger partial charge in [0, 0.05) is 13.1 Å². The second-order valence-corrected chi connectivity index (χ2v) is 7.08. The average Bonchev–Trinajstić information content (AvgIpc) is 3.28. The summed E-state index contributed by atoms with van der Waals surface area (Å²) in [5.74, 6) is 2.13. The summed E-state index contributed by atoms with van der Waals surface area (Å²) in [6, 6.07) is 7.58. The molecule has 0 bridgehead atoms. The fourth-order valence-electron chi connectivity index (χ4n) is 2.91. The lowest BCUT2D eigenvalue weighted by Crippen LogP contribution is -2.41. The van der Waals surface area contributed by atoms with Crippen LogP contribution in [0.5, 0.6) is 5.75 Å². The molecular formula is C19H26N4O3. The van der Waals surface area contributed by atoms with Gasteiger partial charge in [0.15, 0.2) is 12.4 Å². The lowest BCUT2D eigenvalue weighted by Gasteiger charge is -2.23. The summed E-state index contributed by atoms with van der Waals surface area (Å²) in [5, 5.41) is 7.02. The van der Waals surface area contributed by atoms with E-state index >= 15 is 0 Å². The zero-order chi connectivity index (χ0) is 18.5. The van der Waals surface area contributed by atoms with E-state index < -0.39 is 0 Å². The minimum Gasteiger partial charge on any atom is -0.484 e. The standard InChI is InChI=1S/C19H26N4O3/c1-13(2)11-20-19(24)23-10-4-5-16(23)18-21-17(26-22-18)12-25-15-8-6-14(3)7-9-15/h6-9,13,16H,4-5,10-12H2,1-3H3,(H,20,24). The number of ether oxygens (including phenoxy) is 1. The van der Waals surface area contributed by atoms with Crippen molar-refractivity contribution in [2.75, 3.05) is 13.1 Å². The SMILES string of the molecule is Cc1ccc(OCc2nc(C3CCCN3C(=O)NCC(C)C)no2)cc1. The summed E-state index contributed by atoms with van der Waals surface area (Å²) in [5.41, 5.74) is 1.18. The molecule has 140 valence electrons. The summed E-state index contributed by atoms with van der Waals surface area (Å²) < 4.78 is 11.0. The molecule has 1 saturated heterocycles. The maximum atomic E-state index is 12.4. The largest absolute Gasteiger partial charge is 0.484 e. The van der Waals surface area contributed by atoms with Gasteiger partial charge in [-0.15, -0.1) is 0 Å². The van der Waals surface area contributed by atoms with Gasteiger partial charge in [0.1, 0.15) is 5.75 Å². The highest BCUT2D eigenvalue weighted by Gasteiger charge is 2.33. The number of aryl methyl sites for hydroxylation is 1. The maximum absolute atomic E-state index is 12.4.